The molecule has 1 aromatic heterocycles. The van der Waals surface area contributed by atoms with Gasteiger partial charge >= 0.3 is 11.8 Å². The van der Waals surface area contributed by atoms with Gasteiger partial charge in [-0.25, -0.2) is 31.9 Å². The van der Waals surface area contributed by atoms with Crippen LogP contribution in [-0.2, 0) is 32.6 Å². The molecule has 0 saturated carbocycles. The molecule has 0 atom stereocenters. The highest BCUT2D eigenvalue weighted by Crippen LogP contribution is 2.37. The Morgan fingerprint density at radius 3 is 2.15 bits per heavy atom. The molecule has 34 heavy (non-hydrogen) atoms. The largest absolute Gasteiger partial charge is 0.497 e. The van der Waals surface area contributed by atoms with Crippen LogP contribution in [0.5, 0.6) is 5.75 Å². The van der Waals surface area contributed by atoms with E-state index in [0.717, 1.165) is 6.07 Å². The molecule has 2 aromatic carbocycles. The average molecular weight is 520 g/mol. The zero-order chi connectivity index (χ0) is 25.6. The van der Waals surface area contributed by atoms with Gasteiger partial charge in [0.05, 0.1) is 22.5 Å². The first kappa shape index (κ1) is 25.4. The quantitative estimate of drug-likeness (QED) is 0.363. The number of hydrogen-bond acceptors (Lipinski definition) is 8. The molecule has 1 heterocycles. The fraction of sp³-hybridized carbons (Fsp3) is 0.158. The van der Waals surface area contributed by atoms with Crippen LogP contribution in [0, 0.1) is 0 Å². The van der Waals surface area contributed by atoms with Crippen LogP contribution in [0.1, 0.15) is 21.5 Å². The van der Waals surface area contributed by atoms with Crippen LogP contribution in [0.2, 0.25) is 0 Å². The van der Waals surface area contributed by atoms with E-state index in [1.54, 1.807) is 0 Å². The molecule has 10 nitrogen and oxygen atoms in total. The third-order valence-electron chi connectivity index (χ3n) is 4.69. The van der Waals surface area contributed by atoms with Crippen molar-refractivity contribution in [2.75, 3.05) is 7.11 Å². The first-order chi connectivity index (χ1) is 15.5. The van der Waals surface area contributed by atoms with Gasteiger partial charge in [-0.15, -0.1) is 0 Å². The Hall–Kier alpha value is -3.27. The lowest BCUT2D eigenvalue weighted by atomic mass is 9.99. The molecule has 3 rings (SSSR count). The molecule has 0 aliphatic carbocycles. The van der Waals surface area contributed by atoms with Crippen LogP contribution in [0.25, 0.3) is 11.0 Å². The monoisotopic (exact) mass is 520 g/mol. The highest BCUT2D eigenvalue weighted by atomic mass is 32.2. The van der Waals surface area contributed by atoms with E-state index in [2.05, 4.69) is 0 Å². The number of primary sulfonamides is 2. The van der Waals surface area contributed by atoms with E-state index in [9.17, 15) is 39.6 Å². The van der Waals surface area contributed by atoms with Crippen molar-refractivity contribution in [3.8, 4) is 5.75 Å². The molecule has 0 radical (unpaired) electrons. The summed E-state index contributed by atoms with van der Waals surface area (Å²) >= 11 is 0. The smallest absolute Gasteiger partial charge is 0.417 e. The molecule has 0 aliphatic heterocycles. The number of ether oxygens (including phenoxy) is 1. The van der Waals surface area contributed by atoms with Crippen molar-refractivity contribution in [2.45, 2.75) is 22.4 Å². The number of hydrogen-bond donors (Lipinski definition) is 2. The predicted octanol–water partition coefficient (Wildman–Crippen LogP) is 1.54. The third kappa shape index (κ3) is 5.11. The summed E-state index contributed by atoms with van der Waals surface area (Å²) in [7, 11) is -8.60. The van der Waals surface area contributed by atoms with Crippen molar-refractivity contribution in [3.63, 3.8) is 0 Å². The number of benzene rings is 2. The van der Waals surface area contributed by atoms with Gasteiger partial charge in [0.2, 0.25) is 20.0 Å². The lowest BCUT2D eigenvalue weighted by molar-refractivity contribution is -0.139. The van der Waals surface area contributed by atoms with E-state index >= 15 is 0 Å². The van der Waals surface area contributed by atoms with Gasteiger partial charge in [-0.05, 0) is 35.9 Å². The summed E-state index contributed by atoms with van der Waals surface area (Å²) in [4.78, 5) is 22.1. The van der Waals surface area contributed by atoms with E-state index in [1.807, 2.05) is 0 Å². The standard InChI is InChI=1S/C19H15F3N2O8S2/c1-31-10-2-3-15-11(6-10)9(5-18(26)32-15)4-14(25)12-7-13(19(20,21)22)17(34(24,29)30)8-16(12)33(23,27)28/h2-3,5-8H,4H2,1H3,(H2,23,27,28)(H2,24,29,30). The average Bonchev–Trinajstić information content (AvgIpc) is 2.70. The Kier molecular flexibility index (Phi) is 6.34. The molecular formula is C19H15F3N2O8S2. The summed E-state index contributed by atoms with van der Waals surface area (Å²) in [6.45, 7) is 0. The Morgan fingerprint density at radius 1 is 1.00 bits per heavy atom. The van der Waals surface area contributed by atoms with Crippen LogP contribution in [0.15, 0.2) is 55.4 Å². The minimum absolute atomic E-state index is 0.0143. The molecule has 0 saturated heterocycles. The maximum absolute atomic E-state index is 13.5. The zero-order valence-corrected chi connectivity index (χ0v) is 18.7. The molecule has 4 N–H and O–H groups in total. The van der Waals surface area contributed by atoms with Crippen LogP contribution in [0.3, 0.4) is 0 Å². The van der Waals surface area contributed by atoms with E-state index in [1.165, 1.54) is 25.3 Å². The van der Waals surface area contributed by atoms with Crippen LogP contribution >= 0.6 is 0 Å². The second-order valence-corrected chi connectivity index (χ2v) is 10.0. The van der Waals surface area contributed by atoms with Crippen LogP contribution in [-0.4, -0.2) is 29.7 Å². The maximum atomic E-state index is 13.5. The molecule has 0 amide bonds. The number of rotatable bonds is 6. The summed E-state index contributed by atoms with van der Waals surface area (Å²) in [5.74, 6) is -0.901. The lowest BCUT2D eigenvalue weighted by Crippen LogP contribution is -2.24. The molecule has 0 aliphatic rings. The van der Waals surface area contributed by atoms with Crippen molar-refractivity contribution in [2.24, 2.45) is 10.3 Å². The lowest BCUT2D eigenvalue weighted by Gasteiger charge is -2.16. The maximum Gasteiger partial charge on any atom is 0.417 e. The topological polar surface area (TPSA) is 177 Å². The fourth-order valence-electron chi connectivity index (χ4n) is 3.22. The predicted molar refractivity (Wildman–Crippen MR) is 111 cm³/mol. The van der Waals surface area contributed by atoms with Gasteiger partial charge in [0.15, 0.2) is 5.78 Å². The molecule has 0 spiro atoms. The summed E-state index contributed by atoms with van der Waals surface area (Å²) in [6.07, 6.45) is -6.08. The number of Topliss-reactive ketones (excluding diaryl/α,β-unsaturated/α-hetero) is 1. The highest BCUT2D eigenvalue weighted by molar-refractivity contribution is 7.90. The Balaban J connectivity index is 2.28. The van der Waals surface area contributed by atoms with Crippen molar-refractivity contribution >= 4 is 36.8 Å². The van der Waals surface area contributed by atoms with E-state index < -0.39 is 65.0 Å². The molecule has 0 bridgehead atoms. The number of sulfonamides is 2. The Labute approximate surface area is 190 Å². The number of carbonyl (C=O) groups excluding carboxylic acids is 1. The van der Waals surface area contributed by atoms with Gasteiger partial charge in [0.25, 0.3) is 0 Å². The van der Waals surface area contributed by atoms with Gasteiger partial charge < -0.3 is 9.15 Å². The molecule has 0 unspecified atom stereocenters. The minimum atomic E-state index is -5.32. The number of alkyl halides is 3. The number of carbonyl (C=O) groups is 1. The third-order valence-corrected chi connectivity index (χ3v) is 6.59. The van der Waals surface area contributed by atoms with Gasteiger partial charge in [0, 0.05) is 23.4 Å². The van der Waals surface area contributed by atoms with Gasteiger partial charge in [-0.2, -0.15) is 13.2 Å². The molecule has 182 valence electrons. The highest BCUT2D eigenvalue weighted by Gasteiger charge is 2.39. The Morgan fingerprint density at radius 2 is 1.62 bits per heavy atom. The SMILES string of the molecule is COc1ccc2oc(=O)cc(CC(=O)c3cc(C(F)(F)F)c(S(N)(=O)=O)cc3S(N)(=O)=O)c2c1. The fourth-order valence-corrected chi connectivity index (χ4v) is 4.82. The summed E-state index contributed by atoms with van der Waals surface area (Å²) in [5.41, 5.74) is -3.76. The van der Waals surface area contributed by atoms with E-state index in [0.29, 0.717) is 5.75 Å². The summed E-state index contributed by atoms with van der Waals surface area (Å²) in [5, 5.41) is 10.0. The normalized spacial score (nSPS) is 12.6. The molecule has 15 heteroatoms. The number of methoxy groups -OCH3 is 1. The van der Waals surface area contributed by atoms with Crippen molar-refractivity contribution in [1.82, 2.24) is 0 Å². The van der Waals surface area contributed by atoms with Crippen LogP contribution in [0.4, 0.5) is 13.2 Å². The van der Waals surface area contributed by atoms with Gasteiger partial charge in [-0.3, -0.25) is 4.79 Å². The second kappa shape index (κ2) is 8.50. The van der Waals surface area contributed by atoms with Gasteiger partial charge in [-0.1, -0.05) is 0 Å². The van der Waals surface area contributed by atoms with Crippen molar-refractivity contribution in [3.05, 3.63) is 63.5 Å². The molecule has 3 aromatic rings. The number of fused-ring (bicyclic) bond motifs is 1. The summed E-state index contributed by atoms with van der Waals surface area (Å²) < 4.78 is 98.2. The van der Waals surface area contributed by atoms with Crippen molar-refractivity contribution in [1.29, 1.82) is 0 Å². The van der Waals surface area contributed by atoms with E-state index in [4.69, 9.17) is 19.4 Å². The van der Waals surface area contributed by atoms with Crippen LogP contribution < -0.4 is 20.6 Å². The number of ketones is 1. The minimum Gasteiger partial charge on any atom is -0.497 e. The number of halogens is 3. The first-order valence-electron chi connectivity index (χ1n) is 8.97. The summed E-state index contributed by atoms with van der Waals surface area (Å²) in [6, 6.07) is 5.25. The zero-order valence-electron chi connectivity index (χ0n) is 17.0. The number of nitrogens with two attached hydrogens (primary N) is 2. The molecule has 0 fully saturated rings. The first-order valence-corrected chi connectivity index (χ1v) is 12.1. The van der Waals surface area contributed by atoms with Crippen molar-refractivity contribution < 1.29 is 44.0 Å². The molecular weight excluding hydrogens is 505 g/mol. The van der Waals surface area contributed by atoms with Gasteiger partial charge in [0.1, 0.15) is 11.3 Å². The Bertz CT molecular complexity index is 1590. The second-order valence-electron chi connectivity index (χ2n) is 6.99. The van der Waals surface area contributed by atoms with E-state index in [-0.39, 0.29) is 28.7 Å².